The van der Waals surface area contributed by atoms with Crippen LogP contribution in [0.1, 0.15) is 56.3 Å². The molecule has 2 aliphatic rings. The Morgan fingerprint density at radius 3 is 2.92 bits per heavy atom. The predicted octanol–water partition coefficient (Wildman–Crippen LogP) is 1.65. The van der Waals surface area contributed by atoms with Gasteiger partial charge in [0.15, 0.2) is 5.82 Å². The molecule has 24 heavy (non-hydrogen) atoms. The van der Waals surface area contributed by atoms with E-state index in [1.807, 2.05) is 0 Å². The number of amides is 1. The van der Waals surface area contributed by atoms with E-state index in [1.165, 1.54) is 32.1 Å². The molecule has 136 valence electrons. The lowest BCUT2D eigenvalue weighted by Gasteiger charge is -2.30. The van der Waals surface area contributed by atoms with Crippen LogP contribution in [-0.4, -0.2) is 47.6 Å². The molecule has 2 fully saturated rings. The monoisotopic (exact) mass is 357 g/mol. The van der Waals surface area contributed by atoms with Crippen LogP contribution in [0.5, 0.6) is 0 Å². The molecule has 7 nitrogen and oxygen atoms in total. The van der Waals surface area contributed by atoms with Gasteiger partial charge in [-0.1, -0.05) is 24.4 Å². The SMILES string of the molecule is CN1CCNCC1c1noc(CNC(=O)CC2CCCCC2)n1.Cl. The molecule has 3 rings (SSSR count). The maximum atomic E-state index is 12.0. The number of carbonyl (C=O) groups excluding carboxylic acids is 1. The van der Waals surface area contributed by atoms with Crippen molar-refractivity contribution >= 4 is 18.3 Å². The van der Waals surface area contributed by atoms with Crippen molar-refractivity contribution in [2.24, 2.45) is 5.92 Å². The summed E-state index contributed by atoms with van der Waals surface area (Å²) < 4.78 is 5.28. The lowest BCUT2D eigenvalue weighted by molar-refractivity contribution is -0.122. The van der Waals surface area contributed by atoms with Crippen LogP contribution in [-0.2, 0) is 11.3 Å². The van der Waals surface area contributed by atoms with Crippen molar-refractivity contribution in [3.8, 4) is 0 Å². The second kappa shape index (κ2) is 9.34. The first-order valence-electron chi connectivity index (χ1n) is 8.72. The summed E-state index contributed by atoms with van der Waals surface area (Å²) in [6.07, 6.45) is 6.81. The zero-order valence-electron chi connectivity index (χ0n) is 14.3. The van der Waals surface area contributed by atoms with Crippen molar-refractivity contribution in [2.75, 3.05) is 26.7 Å². The maximum absolute atomic E-state index is 12.0. The van der Waals surface area contributed by atoms with E-state index in [0.29, 0.717) is 30.6 Å². The Balaban J connectivity index is 0.00000208. The Bertz CT molecular complexity index is 518. The fourth-order valence-corrected chi connectivity index (χ4v) is 3.47. The van der Waals surface area contributed by atoms with Crippen molar-refractivity contribution in [3.63, 3.8) is 0 Å². The lowest BCUT2D eigenvalue weighted by Crippen LogP contribution is -2.44. The van der Waals surface area contributed by atoms with Gasteiger partial charge in [-0.25, -0.2) is 0 Å². The molecule has 8 heteroatoms. The van der Waals surface area contributed by atoms with E-state index in [4.69, 9.17) is 4.52 Å². The number of rotatable bonds is 5. The molecule has 0 radical (unpaired) electrons. The molecular formula is C16H28ClN5O2. The van der Waals surface area contributed by atoms with Crippen LogP contribution in [0, 0.1) is 5.92 Å². The fourth-order valence-electron chi connectivity index (χ4n) is 3.47. The average Bonchev–Trinajstić information content (AvgIpc) is 3.03. The molecule has 1 amide bonds. The number of nitrogens with one attached hydrogen (secondary N) is 2. The summed E-state index contributed by atoms with van der Waals surface area (Å²) in [7, 11) is 2.06. The van der Waals surface area contributed by atoms with E-state index in [1.54, 1.807) is 0 Å². The molecule has 2 N–H and O–H groups in total. The highest BCUT2D eigenvalue weighted by Gasteiger charge is 2.25. The van der Waals surface area contributed by atoms with Gasteiger partial charge in [0.2, 0.25) is 11.8 Å². The van der Waals surface area contributed by atoms with Gasteiger partial charge in [0, 0.05) is 26.1 Å². The van der Waals surface area contributed by atoms with Crippen molar-refractivity contribution in [3.05, 3.63) is 11.7 Å². The minimum absolute atomic E-state index is 0. The summed E-state index contributed by atoms with van der Waals surface area (Å²) >= 11 is 0. The molecule has 0 spiro atoms. The van der Waals surface area contributed by atoms with Crippen molar-refractivity contribution in [1.29, 1.82) is 0 Å². The van der Waals surface area contributed by atoms with Gasteiger partial charge in [-0.2, -0.15) is 4.98 Å². The standard InChI is InChI=1S/C16H27N5O2.ClH/c1-21-8-7-17-10-13(21)16-19-15(23-20-16)11-18-14(22)9-12-5-3-2-4-6-12;/h12-13,17H,2-11H2,1H3,(H,18,22);1H. The van der Waals surface area contributed by atoms with Crippen LogP contribution in [0.3, 0.4) is 0 Å². The molecule has 1 aliphatic heterocycles. The Labute approximate surface area is 149 Å². The number of hydrogen-bond donors (Lipinski definition) is 2. The molecule has 0 bridgehead atoms. The zero-order chi connectivity index (χ0) is 16.1. The van der Waals surface area contributed by atoms with Crippen LogP contribution in [0.2, 0.25) is 0 Å². The van der Waals surface area contributed by atoms with Crippen molar-refractivity contribution < 1.29 is 9.32 Å². The van der Waals surface area contributed by atoms with E-state index in [-0.39, 0.29) is 24.4 Å². The molecule has 1 saturated carbocycles. The predicted molar refractivity (Wildman–Crippen MR) is 92.8 cm³/mol. The maximum Gasteiger partial charge on any atom is 0.246 e. The van der Waals surface area contributed by atoms with Gasteiger partial charge in [-0.3, -0.25) is 9.69 Å². The summed E-state index contributed by atoms with van der Waals surface area (Å²) in [4.78, 5) is 18.7. The molecule has 1 atom stereocenters. The third-order valence-corrected chi connectivity index (χ3v) is 4.93. The topological polar surface area (TPSA) is 83.3 Å². The normalized spacial score (nSPS) is 22.8. The van der Waals surface area contributed by atoms with Crippen LogP contribution >= 0.6 is 12.4 Å². The van der Waals surface area contributed by atoms with Crippen LogP contribution in [0.15, 0.2) is 4.52 Å². The highest BCUT2D eigenvalue weighted by Crippen LogP contribution is 2.26. The van der Waals surface area contributed by atoms with E-state index >= 15 is 0 Å². The first-order valence-corrected chi connectivity index (χ1v) is 8.72. The van der Waals surface area contributed by atoms with E-state index < -0.39 is 0 Å². The van der Waals surface area contributed by atoms with Crippen molar-refractivity contribution in [1.82, 2.24) is 25.7 Å². The number of hydrogen-bond acceptors (Lipinski definition) is 6. The van der Waals surface area contributed by atoms with Crippen LogP contribution < -0.4 is 10.6 Å². The average molecular weight is 358 g/mol. The number of nitrogens with zero attached hydrogens (tertiary/aromatic N) is 3. The summed E-state index contributed by atoms with van der Waals surface area (Å²) in [6.45, 7) is 3.09. The lowest BCUT2D eigenvalue weighted by atomic mass is 9.87. The van der Waals surface area contributed by atoms with E-state index in [9.17, 15) is 4.79 Å². The largest absolute Gasteiger partial charge is 0.347 e. The summed E-state index contributed by atoms with van der Waals surface area (Å²) in [5.41, 5.74) is 0. The summed E-state index contributed by atoms with van der Waals surface area (Å²) in [6, 6.07) is 0.138. The Hall–Kier alpha value is -1.18. The van der Waals surface area contributed by atoms with Gasteiger partial charge in [0.1, 0.15) is 0 Å². The smallest absolute Gasteiger partial charge is 0.246 e. The number of likely N-dealkylation sites (N-methyl/N-ethyl adjacent to an activating group) is 1. The van der Waals surface area contributed by atoms with Crippen LogP contribution in [0.25, 0.3) is 0 Å². The molecule has 1 unspecified atom stereocenters. The Morgan fingerprint density at radius 2 is 2.17 bits per heavy atom. The first-order chi connectivity index (χ1) is 11.2. The molecule has 1 aromatic rings. The molecule has 0 aromatic carbocycles. The van der Waals surface area contributed by atoms with Crippen LogP contribution in [0.4, 0.5) is 0 Å². The van der Waals surface area contributed by atoms with Gasteiger partial charge in [-0.15, -0.1) is 12.4 Å². The Morgan fingerprint density at radius 1 is 1.38 bits per heavy atom. The highest BCUT2D eigenvalue weighted by molar-refractivity contribution is 5.85. The highest BCUT2D eigenvalue weighted by atomic mass is 35.5. The molecule has 1 aromatic heterocycles. The fraction of sp³-hybridized carbons (Fsp3) is 0.812. The minimum atomic E-state index is 0. The third-order valence-electron chi connectivity index (χ3n) is 4.93. The van der Waals surface area contributed by atoms with Crippen molar-refractivity contribution in [2.45, 2.75) is 51.1 Å². The summed E-state index contributed by atoms with van der Waals surface area (Å²) in [5, 5.41) is 10.3. The van der Waals surface area contributed by atoms with Gasteiger partial charge in [0.05, 0.1) is 12.6 Å². The minimum Gasteiger partial charge on any atom is -0.347 e. The zero-order valence-corrected chi connectivity index (χ0v) is 15.1. The number of piperazine rings is 1. The number of aromatic nitrogens is 2. The number of carbonyl (C=O) groups is 1. The quantitative estimate of drug-likeness (QED) is 0.833. The van der Waals surface area contributed by atoms with E-state index in [0.717, 1.165) is 19.6 Å². The van der Waals surface area contributed by atoms with Gasteiger partial charge in [-0.05, 0) is 25.8 Å². The second-order valence-electron chi connectivity index (χ2n) is 6.73. The molecular weight excluding hydrogens is 330 g/mol. The van der Waals surface area contributed by atoms with Gasteiger partial charge < -0.3 is 15.2 Å². The molecule has 1 saturated heterocycles. The first kappa shape index (κ1) is 19.1. The second-order valence-corrected chi connectivity index (χ2v) is 6.73. The molecule has 2 heterocycles. The van der Waals surface area contributed by atoms with Gasteiger partial charge >= 0.3 is 0 Å². The van der Waals surface area contributed by atoms with Gasteiger partial charge in [0.25, 0.3) is 0 Å². The molecule has 1 aliphatic carbocycles. The number of halogens is 1. The van der Waals surface area contributed by atoms with E-state index in [2.05, 4.69) is 32.7 Å². The third kappa shape index (κ3) is 5.16. The Kier molecular flexibility index (Phi) is 7.45. The summed E-state index contributed by atoms with van der Waals surface area (Å²) in [5.74, 6) is 1.81.